The van der Waals surface area contributed by atoms with Crippen LogP contribution in [-0.2, 0) is 18.4 Å². The molecule has 23 heavy (non-hydrogen) atoms. The fourth-order valence-corrected chi connectivity index (χ4v) is 3.35. The van der Waals surface area contributed by atoms with E-state index in [1.807, 2.05) is 35.9 Å². The third kappa shape index (κ3) is 3.09. The first-order valence-corrected chi connectivity index (χ1v) is 8.06. The number of aryl methyl sites for hydroxylation is 1. The van der Waals surface area contributed by atoms with E-state index in [4.69, 9.17) is 5.73 Å². The van der Waals surface area contributed by atoms with E-state index in [1.54, 1.807) is 11.9 Å². The molecule has 0 saturated heterocycles. The Morgan fingerprint density at radius 3 is 2.87 bits per heavy atom. The zero-order chi connectivity index (χ0) is 16.6. The molecule has 1 aromatic heterocycles. The molecule has 1 saturated carbocycles. The molecule has 0 spiro atoms. The summed E-state index contributed by atoms with van der Waals surface area (Å²) < 4.78 is 2.02. The molecule has 0 bridgehead atoms. The van der Waals surface area contributed by atoms with E-state index in [9.17, 15) is 9.90 Å². The number of aromatic nitrogens is 2. The molecule has 2 aromatic rings. The lowest BCUT2D eigenvalue weighted by Gasteiger charge is -2.32. The maximum atomic E-state index is 12.6. The van der Waals surface area contributed by atoms with Gasteiger partial charge in [0.2, 0.25) is 5.91 Å². The topological polar surface area (TPSA) is 84.4 Å². The summed E-state index contributed by atoms with van der Waals surface area (Å²) in [4.78, 5) is 19.0. The van der Waals surface area contributed by atoms with Crippen LogP contribution in [0.3, 0.4) is 0 Å². The second-order valence-electron chi connectivity index (χ2n) is 6.51. The van der Waals surface area contributed by atoms with Crippen LogP contribution in [0.15, 0.2) is 24.3 Å². The Balaban J connectivity index is 1.71. The molecule has 0 unspecified atom stereocenters. The first kappa shape index (κ1) is 16.0. The number of fused-ring (bicyclic) bond motifs is 1. The number of nitrogens with two attached hydrogens (primary N) is 1. The molecular formula is C17H24N4O2. The zero-order valence-corrected chi connectivity index (χ0v) is 13.6. The highest BCUT2D eigenvalue weighted by molar-refractivity contribution is 5.79. The quantitative estimate of drug-likeness (QED) is 0.885. The van der Waals surface area contributed by atoms with E-state index in [-0.39, 0.29) is 17.9 Å². The molecule has 6 heteroatoms. The number of benzene rings is 1. The second-order valence-corrected chi connectivity index (χ2v) is 6.51. The number of carbonyl (C=O) groups is 1. The predicted octanol–water partition coefficient (Wildman–Crippen LogP) is 1.02. The maximum Gasteiger partial charge on any atom is 0.225 e. The van der Waals surface area contributed by atoms with Gasteiger partial charge in [-0.25, -0.2) is 4.98 Å². The van der Waals surface area contributed by atoms with E-state index >= 15 is 0 Å². The van der Waals surface area contributed by atoms with E-state index in [2.05, 4.69) is 4.98 Å². The lowest BCUT2D eigenvalue weighted by Crippen LogP contribution is -2.45. The van der Waals surface area contributed by atoms with E-state index in [0.717, 1.165) is 16.9 Å². The van der Waals surface area contributed by atoms with E-state index < -0.39 is 6.10 Å². The molecule has 3 rings (SSSR count). The third-order valence-electron chi connectivity index (χ3n) is 4.85. The number of rotatable bonds is 3. The number of para-hydroxylation sites is 2. The van der Waals surface area contributed by atoms with Crippen molar-refractivity contribution in [3.63, 3.8) is 0 Å². The second kappa shape index (κ2) is 6.29. The monoisotopic (exact) mass is 316 g/mol. The minimum absolute atomic E-state index is 0.0828. The SMILES string of the molecule is CN(Cc1nc2ccccc2n1C)C(=O)[C@H]1CC[C@@H](O)[C@H](N)C1. The Hall–Kier alpha value is -1.92. The van der Waals surface area contributed by atoms with Gasteiger partial charge in [-0.1, -0.05) is 12.1 Å². The Kier molecular flexibility index (Phi) is 4.37. The van der Waals surface area contributed by atoms with Crippen LogP contribution in [0.1, 0.15) is 25.1 Å². The molecule has 1 aliphatic rings. The van der Waals surface area contributed by atoms with Gasteiger partial charge in [-0.15, -0.1) is 0 Å². The van der Waals surface area contributed by atoms with E-state index in [1.165, 1.54) is 0 Å². The summed E-state index contributed by atoms with van der Waals surface area (Å²) in [6, 6.07) is 7.64. The maximum absolute atomic E-state index is 12.6. The van der Waals surface area contributed by atoms with Gasteiger partial charge in [0.25, 0.3) is 0 Å². The average Bonchev–Trinajstić information content (AvgIpc) is 2.86. The minimum atomic E-state index is -0.482. The number of carbonyl (C=O) groups excluding carboxylic acids is 1. The van der Waals surface area contributed by atoms with Gasteiger partial charge in [0.1, 0.15) is 5.82 Å². The van der Waals surface area contributed by atoms with Crippen molar-refractivity contribution in [3.8, 4) is 0 Å². The Morgan fingerprint density at radius 2 is 2.17 bits per heavy atom. The van der Waals surface area contributed by atoms with Crippen molar-refractivity contribution in [2.45, 2.75) is 38.0 Å². The molecule has 124 valence electrons. The van der Waals surface area contributed by atoms with Crippen molar-refractivity contribution in [1.82, 2.24) is 14.5 Å². The first-order chi connectivity index (χ1) is 11.0. The number of aliphatic hydroxyl groups is 1. The summed E-state index contributed by atoms with van der Waals surface area (Å²) in [6.07, 6.45) is 1.36. The summed E-state index contributed by atoms with van der Waals surface area (Å²) in [5.74, 6) is 0.842. The highest BCUT2D eigenvalue weighted by Gasteiger charge is 2.32. The summed E-state index contributed by atoms with van der Waals surface area (Å²) in [5.41, 5.74) is 7.90. The van der Waals surface area contributed by atoms with Gasteiger partial charge in [-0.3, -0.25) is 4.79 Å². The predicted molar refractivity (Wildman–Crippen MR) is 88.5 cm³/mol. The Morgan fingerprint density at radius 1 is 1.43 bits per heavy atom. The van der Waals surface area contributed by atoms with Crippen molar-refractivity contribution in [1.29, 1.82) is 0 Å². The van der Waals surface area contributed by atoms with Gasteiger partial charge in [0.15, 0.2) is 0 Å². The van der Waals surface area contributed by atoms with E-state index in [0.29, 0.717) is 25.8 Å². The summed E-state index contributed by atoms with van der Waals surface area (Å²) in [7, 11) is 3.77. The summed E-state index contributed by atoms with van der Waals surface area (Å²) >= 11 is 0. The Bertz CT molecular complexity index is 712. The zero-order valence-electron chi connectivity index (χ0n) is 13.6. The normalized spacial score (nSPS) is 24.8. The van der Waals surface area contributed by atoms with Gasteiger partial charge >= 0.3 is 0 Å². The molecule has 1 fully saturated rings. The largest absolute Gasteiger partial charge is 0.392 e. The van der Waals surface area contributed by atoms with Gasteiger partial charge < -0.3 is 20.3 Å². The van der Waals surface area contributed by atoms with Gasteiger partial charge in [-0.05, 0) is 31.4 Å². The van der Waals surface area contributed by atoms with Crippen LogP contribution >= 0.6 is 0 Å². The van der Waals surface area contributed by atoms with Crippen molar-refractivity contribution >= 4 is 16.9 Å². The van der Waals surface area contributed by atoms with Crippen molar-refractivity contribution in [2.75, 3.05) is 7.05 Å². The van der Waals surface area contributed by atoms with Crippen LogP contribution in [0.4, 0.5) is 0 Å². The number of imidazole rings is 1. The summed E-state index contributed by atoms with van der Waals surface area (Å²) in [6.45, 7) is 0.471. The molecule has 0 aliphatic heterocycles. The number of amides is 1. The molecule has 1 aromatic carbocycles. The van der Waals surface area contributed by atoms with Crippen LogP contribution in [0.25, 0.3) is 11.0 Å². The summed E-state index contributed by atoms with van der Waals surface area (Å²) in [5, 5.41) is 9.70. The Labute approximate surface area is 135 Å². The van der Waals surface area contributed by atoms with Crippen LogP contribution in [0, 0.1) is 5.92 Å². The number of nitrogens with zero attached hydrogens (tertiary/aromatic N) is 3. The smallest absolute Gasteiger partial charge is 0.225 e. The van der Waals surface area contributed by atoms with Gasteiger partial charge in [-0.2, -0.15) is 0 Å². The molecular weight excluding hydrogens is 292 g/mol. The fourth-order valence-electron chi connectivity index (χ4n) is 3.35. The van der Waals surface area contributed by atoms with Gasteiger partial charge in [0, 0.05) is 26.1 Å². The highest BCUT2D eigenvalue weighted by Crippen LogP contribution is 2.26. The van der Waals surface area contributed by atoms with Crippen LogP contribution < -0.4 is 5.73 Å². The van der Waals surface area contributed by atoms with Crippen molar-refractivity contribution < 1.29 is 9.90 Å². The van der Waals surface area contributed by atoms with Crippen molar-refractivity contribution in [2.24, 2.45) is 18.7 Å². The molecule has 1 aliphatic carbocycles. The molecule has 1 amide bonds. The van der Waals surface area contributed by atoms with Gasteiger partial charge in [0.05, 0.1) is 23.7 Å². The average molecular weight is 316 g/mol. The first-order valence-electron chi connectivity index (χ1n) is 8.06. The highest BCUT2D eigenvalue weighted by atomic mass is 16.3. The van der Waals surface area contributed by atoms with Crippen LogP contribution in [0.2, 0.25) is 0 Å². The van der Waals surface area contributed by atoms with Crippen LogP contribution in [-0.4, -0.2) is 44.7 Å². The molecule has 0 radical (unpaired) electrons. The minimum Gasteiger partial charge on any atom is -0.392 e. The van der Waals surface area contributed by atoms with Crippen molar-refractivity contribution in [3.05, 3.63) is 30.1 Å². The number of aliphatic hydroxyl groups excluding tert-OH is 1. The van der Waals surface area contributed by atoms with Crippen LogP contribution in [0.5, 0.6) is 0 Å². The molecule has 6 nitrogen and oxygen atoms in total. The molecule has 1 heterocycles. The molecule has 3 atom stereocenters. The fraction of sp³-hybridized carbons (Fsp3) is 0.529. The number of hydrogen-bond acceptors (Lipinski definition) is 4. The third-order valence-corrected chi connectivity index (χ3v) is 4.85. The standard InChI is InChI=1S/C17H24N4O2/c1-20(17(23)11-7-8-15(22)12(18)9-11)10-16-19-13-5-3-4-6-14(13)21(16)2/h3-6,11-12,15,22H,7-10,18H2,1-2H3/t11-,12+,15+/m0/s1. The lowest BCUT2D eigenvalue weighted by molar-refractivity contribution is -0.136. The number of hydrogen-bond donors (Lipinski definition) is 2. The lowest BCUT2D eigenvalue weighted by atomic mass is 9.83. The molecule has 3 N–H and O–H groups in total.